The molecule has 21 heavy (non-hydrogen) atoms. The monoisotopic (exact) mass is 286 g/mol. The van der Waals surface area contributed by atoms with Crippen LogP contribution in [0.25, 0.3) is 0 Å². The van der Waals surface area contributed by atoms with E-state index in [1.54, 1.807) is 6.33 Å². The first kappa shape index (κ1) is 15.7. The third-order valence-corrected chi connectivity index (χ3v) is 3.78. The molecule has 1 aromatic heterocycles. The van der Waals surface area contributed by atoms with Crippen molar-refractivity contribution < 1.29 is 0 Å². The fourth-order valence-corrected chi connectivity index (χ4v) is 2.79. The van der Waals surface area contributed by atoms with Gasteiger partial charge in [-0.25, -0.2) is 9.67 Å². The first-order chi connectivity index (χ1) is 10.1. The predicted octanol–water partition coefficient (Wildman–Crippen LogP) is 3.07. The quantitative estimate of drug-likeness (QED) is 0.850. The molecule has 1 heterocycles. The number of aromatic nitrogens is 3. The summed E-state index contributed by atoms with van der Waals surface area (Å²) in [6.45, 7) is 7.60. The average Bonchev–Trinajstić information content (AvgIpc) is 2.87. The first-order valence-corrected chi connectivity index (χ1v) is 7.70. The highest BCUT2D eigenvalue weighted by atomic mass is 15.3. The lowest BCUT2D eigenvalue weighted by molar-refractivity contribution is 0.383. The molecule has 2 unspecified atom stereocenters. The molecule has 0 fully saturated rings. The molecule has 4 heteroatoms. The zero-order valence-corrected chi connectivity index (χ0v) is 13.5. The van der Waals surface area contributed by atoms with Gasteiger partial charge >= 0.3 is 0 Å². The van der Waals surface area contributed by atoms with E-state index in [1.807, 2.05) is 11.7 Å². The highest BCUT2D eigenvalue weighted by molar-refractivity contribution is 5.19. The van der Waals surface area contributed by atoms with Crippen molar-refractivity contribution in [1.82, 2.24) is 20.1 Å². The lowest BCUT2D eigenvalue weighted by Crippen LogP contribution is -2.26. The van der Waals surface area contributed by atoms with Gasteiger partial charge < -0.3 is 5.32 Å². The topological polar surface area (TPSA) is 42.7 Å². The van der Waals surface area contributed by atoms with E-state index in [9.17, 15) is 0 Å². The zero-order valence-electron chi connectivity index (χ0n) is 13.5. The van der Waals surface area contributed by atoms with Crippen LogP contribution in [0.15, 0.2) is 36.7 Å². The standard InChI is InChI=1S/C17H26N4/c1-13(2)11-21-16(19-12-20-21)10-14(3)17(18-4)15-8-6-5-7-9-15/h5-9,12-14,17-18H,10-11H2,1-4H3. The number of hydrogen-bond acceptors (Lipinski definition) is 3. The van der Waals surface area contributed by atoms with E-state index in [0.29, 0.717) is 17.9 Å². The van der Waals surface area contributed by atoms with Crippen molar-refractivity contribution in [1.29, 1.82) is 0 Å². The number of hydrogen-bond donors (Lipinski definition) is 1. The van der Waals surface area contributed by atoms with Gasteiger partial charge in [-0.1, -0.05) is 51.1 Å². The molecular weight excluding hydrogens is 260 g/mol. The fourth-order valence-electron chi connectivity index (χ4n) is 2.79. The summed E-state index contributed by atoms with van der Waals surface area (Å²) in [7, 11) is 2.02. The van der Waals surface area contributed by atoms with Crippen molar-refractivity contribution >= 4 is 0 Å². The molecule has 1 N–H and O–H groups in total. The van der Waals surface area contributed by atoms with Crippen LogP contribution in [0.3, 0.4) is 0 Å². The van der Waals surface area contributed by atoms with E-state index < -0.39 is 0 Å². The normalized spacial score (nSPS) is 14.3. The van der Waals surface area contributed by atoms with Crippen molar-refractivity contribution in [2.75, 3.05) is 7.05 Å². The van der Waals surface area contributed by atoms with Gasteiger partial charge in [0.05, 0.1) is 0 Å². The minimum atomic E-state index is 0.329. The Bertz CT molecular complexity index is 533. The second-order valence-corrected chi connectivity index (χ2v) is 6.11. The highest BCUT2D eigenvalue weighted by Crippen LogP contribution is 2.24. The van der Waals surface area contributed by atoms with Crippen molar-refractivity contribution in [2.45, 2.75) is 39.8 Å². The molecule has 0 aliphatic rings. The maximum absolute atomic E-state index is 4.44. The third-order valence-electron chi connectivity index (χ3n) is 3.78. The summed E-state index contributed by atoms with van der Waals surface area (Å²) in [5, 5.41) is 7.79. The molecule has 0 amide bonds. The van der Waals surface area contributed by atoms with E-state index in [4.69, 9.17) is 0 Å². The molecule has 114 valence electrons. The summed E-state index contributed by atoms with van der Waals surface area (Å²) in [4.78, 5) is 4.44. The summed E-state index contributed by atoms with van der Waals surface area (Å²) < 4.78 is 2.04. The average molecular weight is 286 g/mol. The van der Waals surface area contributed by atoms with Gasteiger partial charge in [0.25, 0.3) is 0 Å². The van der Waals surface area contributed by atoms with Crippen molar-refractivity contribution in [3.63, 3.8) is 0 Å². The van der Waals surface area contributed by atoms with Crippen LogP contribution in [0.2, 0.25) is 0 Å². The fraction of sp³-hybridized carbons (Fsp3) is 0.529. The molecule has 2 rings (SSSR count). The lowest BCUT2D eigenvalue weighted by atomic mass is 9.92. The van der Waals surface area contributed by atoms with Crippen LogP contribution in [0, 0.1) is 11.8 Å². The molecule has 0 saturated heterocycles. The molecule has 0 aliphatic carbocycles. The summed E-state index contributed by atoms with van der Waals surface area (Å²) in [5.41, 5.74) is 1.32. The van der Waals surface area contributed by atoms with E-state index >= 15 is 0 Å². The van der Waals surface area contributed by atoms with Crippen LogP contribution in [0.5, 0.6) is 0 Å². The Morgan fingerprint density at radius 2 is 1.86 bits per heavy atom. The smallest absolute Gasteiger partial charge is 0.138 e. The van der Waals surface area contributed by atoms with Crippen LogP contribution < -0.4 is 5.32 Å². The molecule has 4 nitrogen and oxygen atoms in total. The molecular formula is C17H26N4. The van der Waals surface area contributed by atoms with Gasteiger partial charge in [-0.3, -0.25) is 0 Å². The van der Waals surface area contributed by atoms with Gasteiger partial charge in [-0.05, 0) is 24.4 Å². The SMILES string of the molecule is CNC(c1ccccc1)C(C)Cc1ncnn1CC(C)C. The Balaban J connectivity index is 2.09. The van der Waals surface area contributed by atoms with E-state index in [-0.39, 0.29) is 0 Å². The van der Waals surface area contributed by atoms with Gasteiger partial charge in [0.1, 0.15) is 12.2 Å². The molecule has 0 spiro atoms. The highest BCUT2D eigenvalue weighted by Gasteiger charge is 2.20. The van der Waals surface area contributed by atoms with E-state index in [1.165, 1.54) is 5.56 Å². The summed E-state index contributed by atoms with van der Waals surface area (Å²) >= 11 is 0. The van der Waals surface area contributed by atoms with Crippen molar-refractivity contribution in [2.24, 2.45) is 11.8 Å². The van der Waals surface area contributed by atoms with Crippen molar-refractivity contribution in [3.8, 4) is 0 Å². The minimum Gasteiger partial charge on any atom is -0.313 e. The van der Waals surface area contributed by atoms with Crippen LogP contribution >= 0.6 is 0 Å². The molecule has 0 radical (unpaired) electrons. The minimum absolute atomic E-state index is 0.329. The number of benzene rings is 1. The van der Waals surface area contributed by atoms with Gasteiger partial charge in [0.2, 0.25) is 0 Å². The largest absolute Gasteiger partial charge is 0.313 e. The Morgan fingerprint density at radius 3 is 2.48 bits per heavy atom. The molecule has 0 saturated carbocycles. The Morgan fingerprint density at radius 1 is 1.14 bits per heavy atom. The molecule has 2 aromatic rings. The maximum Gasteiger partial charge on any atom is 0.138 e. The zero-order chi connectivity index (χ0) is 15.2. The summed E-state index contributed by atoms with van der Waals surface area (Å²) in [5.74, 6) is 2.11. The van der Waals surface area contributed by atoms with Crippen LogP contribution in [-0.4, -0.2) is 21.8 Å². The van der Waals surface area contributed by atoms with Crippen molar-refractivity contribution in [3.05, 3.63) is 48.0 Å². The molecule has 1 aromatic carbocycles. The van der Waals surface area contributed by atoms with E-state index in [0.717, 1.165) is 18.8 Å². The van der Waals surface area contributed by atoms with Gasteiger partial charge in [-0.2, -0.15) is 5.10 Å². The number of nitrogens with one attached hydrogen (secondary N) is 1. The molecule has 0 aliphatic heterocycles. The summed E-state index contributed by atoms with van der Waals surface area (Å²) in [6, 6.07) is 10.9. The number of nitrogens with zero attached hydrogens (tertiary/aromatic N) is 3. The van der Waals surface area contributed by atoms with Gasteiger partial charge in [-0.15, -0.1) is 0 Å². The second kappa shape index (κ2) is 7.36. The van der Waals surface area contributed by atoms with Crippen LogP contribution in [-0.2, 0) is 13.0 Å². The summed E-state index contributed by atoms with van der Waals surface area (Å²) in [6.07, 6.45) is 2.59. The predicted molar refractivity (Wildman–Crippen MR) is 86.0 cm³/mol. The Labute approximate surface area is 127 Å². The lowest BCUT2D eigenvalue weighted by Gasteiger charge is -2.24. The maximum atomic E-state index is 4.44. The third kappa shape index (κ3) is 4.14. The number of rotatable bonds is 7. The van der Waals surface area contributed by atoms with E-state index in [2.05, 4.69) is 66.5 Å². The van der Waals surface area contributed by atoms with Gasteiger partial charge in [0.15, 0.2) is 0 Å². The van der Waals surface area contributed by atoms with Crippen LogP contribution in [0.4, 0.5) is 0 Å². The van der Waals surface area contributed by atoms with Gasteiger partial charge in [0, 0.05) is 19.0 Å². The Kier molecular flexibility index (Phi) is 5.51. The second-order valence-electron chi connectivity index (χ2n) is 6.11. The molecule has 2 atom stereocenters. The Hall–Kier alpha value is -1.68. The first-order valence-electron chi connectivity index (χ1n) is 7.70. The van der Waals surface area contributed by atoms with Crippen LogP contribution in [0.1, 0.15) is 38.2 Å². The molecule has 0 bridgehead atoms.